The van der Waals surface area contributed by atoms with E-state index in [-0.39, 0.29) is 6.10 Å². The zero-order valence-electron chi connectivity index (χ0n) is 8.33. The van der Waals surface area contributed by atoms with Crippen molar-refractivity contribution in [3.8, 4) is 0 Å². The number of nitrogens with one attached hydrogen (secondary N) is 2. The predicted molar refractivity (Wildman–Crippen MR) is 53.9 cm³/mol. The zero-order chi connectivity index (χ0) is 10.4. The molecule has 5 heteroatoms. The topological polar surface area (TPSA) is 87.4 Å². The highest BCUT2D eigenvalue weighted by Crippen LogP contribution is 2.17. The standard InChI is InChI=1S/C9H19N3O2/c10-9(14)12-6-5-11-7-1-3-8(13)4-2-7/h7-8,11,13H,1-6H2,(H3,10,12,14). The number of primary amides is 1. The smallest absolute Gasteiger partial charge is 0.312 e. The maximum Gasteiger partial charge on any atom is 0.312 e. The van der Waals surface area contributed by atoms with Crippen molar-refractivity contribution in [2.75, 3.05) is 13.1 Å². The number of urea groups is 1. The normalized spacial score (nSPS) is 27.2. The van der Waals surface area contributed by atoms with Gasteiger partial charge in [-0.1, -0.05) is 0 Å². The van der Waals surface area contributed by atoms with E-state index in [0.717, 1.165) is 32.2 Å². The van der Waals surface area contributed by atoms with E-state index in [0.29, 0.717) is 12.6 Å². The monoisotopic (exact) mass is 201 g/mol. The lowest BCUT2D eigenvalue weighted by molar-refractivity contribution is 0.117. The average molecular weight is 201 g/mol. The molecule has 0 bridgehead atoms. The third-order valence-electron chi connectivity index (χ3n) is 2.55. The number of hydrogen-bond donors (Lipinski definition) is 4. The summed E-state index contributed by atoms with van der Waals surface area (Å²) in [5, 5.41) is 15.1. The maximum absolute atomic E-state index is 10.3. The fraction of sp³-hybridized carbons (Fsp3) is 0.889. The van der Waals surface area contributed by atoms with Crippen molar-refractivity contribution in [1.29, 1.82) is 0 Å². The molecule has 2 amide bonds. The lowest BCUT2D eigenvalue weighted by Crippen LogP contribution is -2.40. The van der Waals surface area contributed by atoms with Gasteiger partial charge in [0.15, 0.2) is 0 Å². The largest absolute Gasteiger partial charge is 0.393 e. The molecular formula is C9H19N3O2. The van der Waals surface area contributed by atoms with Crippen LogP contribution in [0.15, 0.2) is 0 Å². The fourth-order valence-corrected chi connectivity index (χ4v) is 1.74. The second-order valence-corrected chi connectivity index (χ2v) is 3.75. The summed E-state index contributed by atoms with van der Waals surface area (Å²) in [6, 6.07) is -0.000979. The number of carbonyl (C=O) groups is 1. The first kappa shape index (κ1) is 11.3. The molecule has 0 saturated heterocycles. The van der Waals surface area contributed by atoms with Crippen LogP contribution in [0.5, 0.6) is 0 Å². The molecule has 0 spiro atoms. The Morgan fingerprint density at radius 1 is 1.29 bits per heavy atom. The van der Waals surface area contributed by atoms with Crippen LogP contribution in [0, 0.1) is 0 Å². The van der Waals surface area contributed by atoms with Crippen molar-refractivity contribution in [2.45, 2.75) is 37.8 Å². The summed E-state index contributed by atoms with van der Waals surface area (Å²) in [6.45, 7) is 1.30. The summed E-state index contributed by atoms with van der Waals surface area (Å²) in [4.78, 5) is 10.3. The van der Waals surface area contributed by atoms with Crippen molar-refractivity contribution < 1.29 is 9.90 Å². The van der Waals surface area contributed by atoms with Gasteiger partial charge in [-0.3, -0.25) is 0 Å². The molecule has 1 aliphatic carbocycles. The molecular weight excluding hydrogens is 182 g/mol. The van der Waals surface area contributed by atoms with Crippen LogP contribution < -0.4 is 16.4 Å². The Morgan fingerprint density at radius 3 is 2.50 bits per heavy atom. The number of carbonyl (C=O) groups excluding carboxylic acids is 1. The van der Waals surface area contributed by atoms with Crippen LogP contribution in [-0.2, 0) is 0 Å². The summed E-state index contributed by atoms with van der Waals surface area (Å²) in [5.41, 5.74) is 4.92. The number of amides is 2. The summed E-state index contributed by atoms with van der Waals surface area (Å²) in [6.07, 6.45) is 3.66. The van der Waals surface area contributed by atoms with Crippen molar-refractivity contribution >= 4 is 6.03 Å². The molecule has 14 heavy (non-hydrogen) atoms. The average Bonchev–Trinajstić information content (AvgIpc) is 2.15. The van der Waals surface area contributed by atoms with E-state index in [2.05, 4.69) is 10.6 Å². The van der Waals surface area contributed by atoms with Crippen LogP contribution in [0.3, 0.4) is 0 Å². The van der Waals surface area contributed by atoms with Crippen molar-refractivity contribution in [3.05, 3.63) is 0 Å². The highest BCUT2D eigenvalue weighted by Gasteiger charge is 2.18. The van der Waals surface area contributed by atoms with Gasteiger partial charge in [0.05, 0.1) is 6.10 Å². The Hall–Kier alpha value is -0.810. The minimum atomic E-state index is -0.481. The van der Waals surface area contributed by atoms with E-state index in [1.54, 1.807) is 0 Å². The summed E-state index contributed by atoms with van der Waals surface area (Å²) < 4.78 is 0. The second kappa shape index (κ2) is 5.82. The molecule has 1 fully saturated rings. The van der Waals surface area contributed by atoms with Gasteiger partial charge in [-0.25, -0.2) is 4.79 Å². The Morgan fingerprint density at radius 2 is 1.93 bits per heavy atom. The van der Waals surface area contributed by atoms with Crippen LogP contribution in [0.25, 0.3) is 0 Å². The second-order valence-electron chi connectivity index (χ2n) is 3.75. The highest BCUT2D eigenvalue weighted by atomic mass is 16.3. The Kier molecular flexibility index (Phi) is 4.69. The SMILES string of the molecule is NC(=O)NCCNC1CCC(O)CC1. The first-order valence-corrected chi connectivity index (χ1v) is 5.13. The number of aliphatic hydroxyl groups is 1. The van der Waals surface area contributed by atoms with Gasteiger partial charge in [0.25, 0.3) is 0 Å². The minimum Gasteiger partial charge on any atom is -0.393 e. The van der Waals surface area contributed by atoms with Gasteiger partial charge in [0, 0.05) is 19.1 Å². The van der Waals surface area contributed by atoms with Gasteiger partial charge >= 0.3 is 6.03 Å². The van der Waals surface area contributed by atoms with Gasteiger partial charge < -0.3 is 21.5 Å². The Bertz CT molecular complexity index is 179. The lowest BCUT2D eigenvalue weighted by atomic mass is 9.93. The Balaban J connectivity index is 1.99. The van der Waals surface area contributed by atoms with Crippen molar-refractivity contribution in [1.82, 2.24) is 10.6 Å². The third-order valence-corrected chi connectivity index (χ3v) is 2.55. The van der Waals surface area contributed by atoms with Gasteiger partial charge in [-0.2, -0.15) is 0 Å². The van der Waals surface area contributed by atoms with Crippen LogP contribution in [0.4, 0.5) is 4.79 Å². The molecule has 0 aromatic carbocycles. The third kappa shape index (κ3) is 4.43. The summed E-state index contributed by atoms with van der Waals surface area (Å²) in [7, 11) is 0. The molecule has 5 N–H and O–H groups in total. The van der Waals surface area contributed by atoms with Gasteiger partial charge in [0.1, 0.15) is 0 Å². The van der Waals surface area contributed by atoms with Crippen LogP contribution >= 0.6 is 0 Å². The number of hydrogen-bond acceptors (Lipinski definition) is 3. The quantitative estimate of drug-likeness (QED) is 0.464. The zero-order valence-corrected chi connectivity index (χ0v) is 8.33. The number of aliphatic hydroxyl groups excluding tert-OH is 1. The molecule has 5 nitrogen and oxygen atoms in total. The van der Waals surface area contributed by atoms with E-state index in [1.807, 2.05) is 0 Å². The van der Waals surface area contributed by atoms with Gasteiger partial charge in [-0.15, -0.1) is 0 Å². The molecule has 0 unspecified atom stereocenters. The van der Waals surface area contributed by atoms with E-state index >= 15 is 0 Å². The molecule has 0 heterocycles. The molecule has 0 atom stereocenters. The molecule has 0 aromatic rings. The molecule has 0 aromatic heterocycles. The van der Waals surface area contributed by atoms with E-state index in [1.165, 1.54) is 0 Å². The molecule has 0 aliphatic heterocycles. The fourth-order valence-electron chi connectivity index (χ4n) is 1.74. The predicted octanol–water partition coefficient (Wildman–Crippen LogP) is -0.452. The van der Waals surface area contributed by atoms with Gasteiger partial charge in [-0.05, 0) is 25.7 Å². The van der Waals surface area contributed by atoms with Crippen LogP contribution in [0.1, 0.15) is 25.7 Å². The summed E-state index contributed by atoms with van der Waals surface area (Å²) in [5.74, 6) is 0. The lowest BCUT2D eigenvalue weighted by Gasteiger charge is -2.26. The first-order chi connectivity index (χ1) is 6.68. The molecule has 0 radical (unpaired) electrons. The number of nitrogens with two attached hydrogens (primary N) is 1. The molecule has 1 saturated carbocycles. The Labute approximate surface area is 84.0 Å². The van der Waals surface area contributed by atoms with Crippen LogP contribution in [0.2, 0.25) is 0 Å². The van der Waals surface area contributed by atoms with E-state index in [9.17, 15) is 9.90 Å². The molecule has 1 aliphatic rings. The van der Waals surface area contributed by atoms with Gasteiger partial charge in [0.2, 0.25) is 0 Å². The van der Waals surface area contributed by atoms with Crippen molar-refractivity contribution in [2.24, 2.45) is 5.73 Å². The molecule has 82 valence electrons. The minimum absolute atomic E-state index is 0.114. The highest BCUT2D eigenvalue weighted by molar-refractivity contribution is 5.71. The molecule has 1 rings (SSSR count). The van der Waals surface area contributed by atoms with Crippen molar-refractivity contribution in [3.63, 3.8) is 0 Å². The maximum atomic E-state index is 10.3. The number of rotatable bonds is 4. The van der Waals surface area contributed by atoms with E-state index < -0.39 is 6.03 Å². The van der Waals surface area contributed by atoms with Crippen LogP contribution in [-0.4, -0.2) is 36.4 Å². The van der Waals surface area contributed by atoms with E-state index in [4.69, 9.17) is 5.73 Å². The first-order valence-electron chi connectivity index (χ1n) is 5.13. The summed E-state index contributed by atoms with van der Waals surface area (Å²) >= 11 is 0.